The molecule has 2 aromatic carbocycles. The molecule has 92 valence electrons. The van der Waals surface area contributed by atoms with Gasteiger partial charge in [-0.1, -0.05) is 32.0 Å². The summed E-state index contributed by atoms with van der Waals surface area (Å²) in [4.78, 5) is 3.32. The third-order valence-electron chi connectivity index (χ3n) is 3.39. The molecular formula is C15H15NO2. The maximum absolute atomic E-state index is 10.1. The first-order chi connectivity index (χ1) is 8.59. The highest BCUT2D eigenvalue weighted by atomic mass is 16.3. The highest BCUT2D eigenvalue weighted by molar-refractivity contribution is 6.12. The molecule has 0 atom stereocenters. The minimum atomic E-state index is -0.0593. The summed E-state index contributed by atoms with van der Waals surface area (Å²) in [6.07, 6.45) is 0. The van der Waals surface area contributed by atoms with Crippen LogP contribution in [0, 0.1) is 0 Å². The molecule has 18 heavy (non-hydrogen) atoms. The Bertz CT molecular complexity index is 741. The molecule has 0 fully saturated rings. The molecule has 0 aliphatic carbocycles. The van der Waals surface area contributed by atoms with Gasteiger partial charge in [0.15, 0.2) is 11.5 Å². The third-order valence-corrected chi connectivity index (χ3v) is 3.39. The van der Waals surface area contributed by atoms with Gasteiger partial charge in [0.1, 0.15) is 0 Å². The molecule has 0 bridgehead atoms. The molecule has 1 heterocycles. The standard InChI is InChI=1S/C15H15NO2/c1-8(2)10-7-12(17)15(18)13-9-5-3-4-6-11(9)16-14(10)13/h3-8,16-18H,1-2H3. The Morgan fingerprint density at radius 2 is 1.83 bits per heavy atom. The summed E-state index contributed by atoms with van der Waals surface area (Å²) in [5, 5.41) is 21.6. The number of fused-ring (bicyclic) bond motifs is 3. The van der Waals surface area contributed by atoms with Crippen LogP contribution in [0.2, 0.25) is 0 Å². The number of nitrogens with one attached hydrogen (secondary N) is 1. The first kappa shape index (κ1) is 11.0. The lowest BCUT2D eigenvalue weighted by Crippen LogP contribution is -1.89. The van der Waals surface area contributed by atoms with E-state index in [4.69, 9.17) is 0 Å². The minimum absolute atomic E-state index is 0.0492. The number of phenols is 2. The van der Waals surface area contributed by atoms with Crippen molar-refractivity contribution in [1.82, 2.24) is 4.98 Å². The summed E-state index contributed by atoms with van der Waals surface area (Å²) < 4.78 is 0. The van der Waals surface area contributed by atoms with Crippen molar-refractivity contribution in [3.05, 3.63) is 35.9 Å². The Morgan fingerprint density at radius 3 is 2.56 bits per heavy atom. The summed E-state index contributed by atoms with van der Waals surface area (Å²) in [5.41, 5.74) is 2.88. The number of aromatic nitrogens is 1. The number of aromatic amines is 1. The molecule has 1 aromatic heterocycles. The van der Waals surface area contributed by atoms with E-state index in [2.05, 4.69) is 18.8 Å². The zero-order valence-electron chi connectivity index (χ0n) is 10.4. The van der Waals surface area contributed by atoms with E-state index in [0.717, 1.165) is 22.0 Å². The number of benzene rings is 2. The second-order valence-electron chi connectivity index (χ2n) is 4.91. The quantitative estimate of drug-likeness (QED) is 0.567. The van der Waals surface area contributed by atoms with Crippen LogP contribution in [0.4, 0.5) is 0 Å². The molecule has 0 aliphatic heterocycles. The fraction of sp³-hybridized carbons (Fsp3) is 0.200. The van der Waals surface area contributed by atoms with Gasteiger partial charge in [-0.3, -0.25) is 0 Å². The van der Waals surface area contributed by atoms with E-state index in [9.17, 15) is 10.2 Å². The lowest BCUT2D eigenvalue weighted by atomic mass is 9.98. The predicted molar refractivity (Wildman–Crippen MR) is 73.2 cm³/mol. The van der Waals surface area contributed by atoms with Crippen molar-refractivity contribution in [3.8, 4) is 11.5 Å². The van der Waals surface area contributed by atoms with E-state index in [1.54, 1.807) is 6.07 Å². The van der Waals surface area contributed by atoms with Gasteiger partial charge in [0.2, 0.25) is 0 Å². The van der Waals surface area contributed by atoms with Gasteiger partial charge < -0.3 is 15.2 Å². The van der Waals surface area contributed by atoms with Crippen LogP contribution in [0.3, 0.4) is 0 Å². The van der Waals surface area contributed by atoms with Crippen LogP contribution in [0.15, 0.2) is 30.3 Å². The summed E-state index contributed by atoms with van der Waals surface area (Å²) in [6, 6.07) is 9.42. The van der Waals surface area contributed by atoms with Gasteiger partial charge in [-0.25, -0.2) is 0 Å². The van der Waals surface area contributed by atoms with Gasteiger partial charge in [0.25, 0.3) is 0 Å². The molecule has 3 aromatic rings. The molecule has 0 aliphatic rings. The highest BCUT2D eigenvalue weighted by Gasteiger charge is 2.17. The molecule has 0 unspecified atom stereocenters. The first-order valence-corrected chi connectivity index (χ1v) is 6.05. The van der Waals surface area contributed by atoms with E-state index >= 15 is 0 Å². The second kappa shape index (κ2) is 3.67. The highest BCUT2D eigenvalue weighted by Crippen LogP contribution is 2.42. The smallest absolute Gasteiger partial charge is 0.167 e. The molecule has 3 heteroatoms. The maximum atomic E-state index is 10.1. The molecule has 0 spiro atoms. The summed E-state index contributed by atoms with van der Waals surface area (Å²) in [7, 11) is 0. The fourth-order valence-corrected chi connectivity index (χ4v) is 2.48. The summed E-state index contributed by atoms with van der Waals surface area (Å²) in [6.45, 7) is 4.13. The van der Waals surface area contributed by atoms with Crippen LogP contribution in [-0.2, 0) is 0 Å². The van der Waals surface area contributed by atoms with Crippen molar-refractivity contribution in [2.24, 2.45) is 0 Å². The Balaban J connectivity index is 2.57. The van der Waals surface area contributed by atoms with Crippen LogP contribution < -0.4 is 0 Å². The van der Waals surface area contributed by atoms with Crippen molar-refractivity contribution in [1.29, 1.82) is 0 Å². The zero-order valence-corrected chi connectivity index (χ0v) is 10.4. The van der Waals surface area contributed by atoms with E-state index in [1.165, 1.54) is 0 Å². The molecule has 3 nitrogen and oxygen atoms in total. The average Bonchev–Trinajstić information content (AvgIpc) is 2.72. The number of hydrogen-bond acceptors (Lipinski definition) is 2. The largest absolute Gasteiger partial charge is 0.504 e. The maximum Gasteiger partial charge on any atom is 0.167 e. The van der Waals surface area contributed by atoms with Crippen molar-refractivity contribution in [2.45, 2.75) is 19.8 Å². The number of rotatable bonds is 1. The zero-order chi connectivity index (χ0) is 12.9. The first-order valence-electron chi connectivity index (χ1n) is 6.05. The monoisotopic (exact) mass is 241 g/mol. The minimum Gasteiger partial charge on any atom is -0.504 e. The predicted octanol–water partition coefficient (Wildman–Crippen LogP) is 3.86. The topological polar surface area (TPSA) is 56.2 Å². The Hall–Kier alpha value is -2.16. The van der Waals surface area contributed by atoms with Crippen LogP contribution in [0.5, 0.6) is 11.5 Å². The lowest BCUT2D eigenvalue weighted by Gasteiger charge is -2.09. The van der Waals surface area contributed by atoms with E-state index in [0.29, 0.717) is 5.39 Å². The average molecular weight is 241 g/mol. The van der Waals surface area contributed by atoms with Crippen molar-refractivity contribution < 1.29 is 10.2 Å². The van der Waals surface area contributed by atoms with Gasteiger partial charge in [0.05, 0.1) is 10.9 Å². The Kier molecular flexibility index (Phi) is 2.23. The number of hydrogen-bond donors (Lipinski definition) is 3. The molecular weight excluding hydrogens is 226 g/mol. The van der Waals surface area contributed by atoms with Gasteiger partial charge in [0, 0.05) is 10.9 Å². The van der Waals surface area contributed by atoms with Crippen molar-refractivity contribution in [3.63, 3.8) is 0 Å². The molecule has 0 radical (unpaired) electrons. The number of para-hydroxylation sites is 1. The second-order valence-corrected chi connectivity index (χ2v) is 4.91. The molecule has 0 saturated heterocycles. The number of aromatic hydroxyl groups is 2. The van der Waals surface area contributed by atoms with Gasteiger partial charge in [-0.2, -0.15) is 0 Å². The van der Waals surface area contributed by atoms with Gasteiger partial charge >= 0.3 is 0 Å². The van der Waals surface area contributed by atoms with Crippen molar-refractivity contribution >= 4 is 21.8 Å². The molecule has 0 amide bonds. The summed E-state index contributed by atoms with van der Waals surface area (Å²) in [5.74, 6) is 0.162. The third kappa shape index (κ3) is 1.37. The van der Waals surface area contributed by atoms with Crippen LogP contribution >= 0.6 is 0 Å². The normalized spacial score (nSPS) is 11.7. The van der Waals surface area contributed by atoms with E-state index < -0.39 is 0 Å². The Labute approximate surface area is 105 Å². The van der Waals surface area contributed by atoms with Crippen LogP contribution in [0.25, 0.3) is 21.8 Å². The van der Waals surface area contributed by atoms with Crippen LogP contribution in [0.1, 0.15) is 25.3 Å². The summed E-state index contributed by atoms with van der Waals surface area (Å²) >= 11 is 0. The lowest BCUT2D eigenvalue weighted by molar-refractivity contribution is 0.407. The number of H-pyrrole nitrogens is 1. The van der Waals surface area contributed by atoms with E-state index in [-0.39, 0.29) is 17.4 Å². The fourth-order valence-electron chi connectivity index (χ4n) is 2.48. The van der Waals surface area contributed by atoms with Crippen molar-refractivity contribution in [2.75, 3.05) is 0 Å². The molecule has 3 rings (SSSR count). The van der Waals surface area contributed by atoms with Crippen LogP contribution in [-0.4, -0.2) is 15.2 Å². The SMILES string of the molecule is CC(C)c1cc(O)c(O)c2c1[nH]c1ccccc12. The van der Waals surface area contributed by atoms with E-state index in [1.807, 2.05) is 24.3 Å². The van der Waals surface area contributed by atoms with Gasteiger partial charge in [-0.05, 0) is 23.6 Å². The number of phenolic OH excluding ortho intramolecular Hbond substituents is 2. The molecule has 3 N–H and O–H groups in total. The van der Waals surface area contributed by atoms with Gasteiger partial charge in [-0.15, -0.1) is 0 Å². The molecule has 0 saturated carbocycles. The Morgan fingerprint density at radius 1 is 1.11 bits per heavy atom.